The molecule has 0 aromatic carbocycles. The Labute approximate surface area is 154 Å². The zero-order valence-corrected chi connectivity index (χ0v) is 17.0. The molecule has 1 amide bonds. The number of esters is 1. The van der Waals surface area contributed by atoms with E-state index in [0.29, 0.717) is 13.2 Å². The molecule has 0 heterocycles. The van der Waals surface area contributed by atoms with E-state index in [0.717, 1.165) is 12.8 Å². The van der Waals surface area contributed by atoms with Crippen LogP contribution in [0.3, 0.4) is 0 Å². The highest BCUT2D eigenvalue weighted by Gasteiger charge is 2.19. The van der Waals surface area contributed by atoms with Crippen LogP contribution >= 0.6 is 0 Å². The van der Waals surface area contributed by atoms with Gasteiger partial charge in [-0.3, -0.25) is 0 Å². The van der Waals surface area contributed by atoms with E-state index in [4.69, 9.17) is 9.47 Å². The Balaban J connectivity index is 3.60. The van der Waals surface area contributed by atoms with Gasteiger partial charge in [-0.05, 0) is 18.8 Å². The summed E-state index contributed by atoms with van der Waals surface area (Å²) in [5, 5.41) is 2.50. The molecule has 1 N–H and O–H groups in total. The Morgan fingerprint density at radius 2 is 1.40 bits per heavy atom. The molecule has 0 rings (SSSR count). The van der Waals surface area contributed by atoms with Gasteiger partial charge >= 0.3 is 12.1 Å². The second-order valence-corrected chi connectivity index (χ2v) is 8.00. The number of carbonyl (C=O) groups excluding carboxylic acids is 2. The van der Waals surface area contributed by atoms with Crippen LogP contribution in [0.15, 0.2) is 0 Å². The van der Waals surface area contributed by atoms with E-state index in [1.165, 1.54) is 44.9 Å². The van der Waals surface area contributed by atoms with Crippen LogP contribution in [0.2, 0.25) is 0 Å². The molecule has 0 saturated carbocycles. The smallest absolute Gasteiger partial charge is 0.407 e. The van der Waals surface area contributed by atoms with Crippen LogP contribution in [-0.4, -0.2) is 31.3 Å². The molecule has 0 aromatic heterocycles. The third kappa shape index (κ3) is 16.0. The first-order valence-corrected chi connectivity index (χ1v) is 9.86. The number of hydrogen-bond acceptors (Lipinski definition) is 4. The summed E-state index contributed by atoms with van der Waals surface area (Å²) in [4.78, 5) is 23.4. The molecular formula is C20H39NO4. The van der Waals surface area contributed by atoms with Gasteiger partial charge in [0.1, 0.15) is 6.04 Å². The molecule has 1 unspecified atom stereocenters. The minimum Gasteiger partial charge on any atom is -0.464 e. The third-order valence-electron chi connectivity index (χ3n) is 3.82. The van der Waals surface area contributed by atoms with Crippen LogP contribution < -0.4 is 5.32 Å². The van der Waals surface area contributed by atoms with Crippen LogP contribution in [-0.2, 0) is 14.3 Å². The molecule has 5 heteroatoms. The molecule has 0 aliphatic rings. The summed E-state index contributed by atoms with van der Waals surface area (Å²) in [7, 11) is 0. The van der Waals surface area contributed by atoms with Crippen molar-refractivity contribution in [2.24, 2.45) is 5.41 Å². The Hall–Kier alpha value is -1.26. The SMILES string of the molecule is CCCCCCCCCCCOC(=O)C(C)NC(=O)OCC(C)(C)C. The van der Waals surface area contributed by atoms with Crippen LogP contribution in [0.1, 0.15) is 92.4 Å². The third-order valence-corrected chi connectivity index (χ3v) is 3.82. The number of alkyl carbamates (subject to hydrolysis) is 1. The van der Waals surface area contributed by atoms with E-state index in [2.05, 4.69) is 12.2 Å². The number of hydrogen-bond donors (Lipinski definition) is 1. The first-order valence-electron chi connectivity index (χ1n) is 9.86. The van der Waals surface area contributed by atoms with Crippen LogP contribution in [0.25, 0.3) is 0 Å². The lowest BCUT2D eigenvalue weighted by Crippen LogP contribution is -2.40. The van der Waals surface area contributed by atoms with Gasteiger partial charge in [-0.1, -0.05) is 79.1 Å². The van der Waals surface area contributed by atoms with Gasteiger partial charge in [-0.2, -0.15) is 0 Å². The minimum atomic E-state index is -0.689. The van der Waals surface area contributed by atoms with Gasteiger partial charge in [0.05, 0.1) is 13.2 Å². The topological polar surface area (TPSA) is 64.6 Å². The predicted octanol–water partition coefficient (Wildman–Crippen LogP) is 5.22. The molecule has 0 saturated heterocycles. The van der Waals surface area contributed by atoms with Crippen LogP contribution in [0.5, 0.6) is 0 Å². The van der Waals surface area contributed by atoms with Gasteiger partial charge in [0.2, 0.25) is 0 Å². The summed E-state index contributed by atoms with van der Waals surface area (Å²) in [6.45, 7) is 10.5. The van der Waals surface area contributed by atoms with Crippen molar-refractivity contribution in [2.75, 3.05) is 13.2 Å². The highest BCUT2D eigenvalue weighted by atomic mass is 16.6. The van der Waals surface area contributed by atoms with Crippen molar-refractivity contribution in [1.29, 1.82) is 0 Å². The molecule has 25 heavy (non-hydrogen) atoms. The maximum atomic E-state index is 11.8. The second-order valence-electron chi connectivity index (χ2n) is 8.00. The van der Waals surface area contributed by atoms with Gasteiger partial charge in [0.25, 0.3) is 0 Å². The number of rotatable bonds is 13. The fourth-order valence-corrected chi connectivity index (χ4v) is 2.27. The fraction of sp³-hybridized carbons (Fsp3) is 0.900. The maximum Gasteiger partial charge on any atom is 0.407 e. The lowest BCUT2D eigenvalue weighted by atomic mass is 9.99. The number of nitrogens with one attached hydrogen (secondary N) is 1. The average Bonchev–Trinajstić information content (AvgIpc) is 2.53. The van der Waals surface area contributed by atoms with E-state index in [-0.39, 0.29) is 5.41 Å². The molecular weight excluding hydrogens is 318 g/mol. The summed E-state index contributed by atoms with van der Waals surface area (Å²) in [5.41, 5.74) is -0.100. The minimum absolute atomic E-state index is 0.100. The first kappa shape index (κ1) is 23.7. The van der Waals surface area contributed by atoms with E-state index < -0.39 is 18.1 Å². The van der Waals surface area contributed by atoms with Gasteiger partial charge in [-0.25, -0.2) is 9.59 Å². The lowest BCUT2D eigenvalue weighted by Gasteiger charge is -2.19. The highest BCUT2D eigenvalue weighted by molar-refractivity contribution is 5.80. The zero-order chi connectivity index (χ0) is 19.1. The first-order chi connectivity index (χ1) is 11.8. The number of amides is 1. The van der Waals surface area contributed by atoms with Gasteiger partial charge < -0.3 is 14.8 Å². The van der Waals surface area contributed by atoms with Crippen molar-refractivity contribution in [2.45, 2.75) is 98.4 Å². The van der Waals surface area contributed by atoms with Crippen LogP contribution in [0.4, 0.5) is 4.79 Å². The summed E-state index contributed by atoms with van der Waals surface area (Å²) < 4.78 is 10.3. The molecule has 0 fully saturated rings. The standard InChI is InChI=1S/C20H39NO4/c1-6-7-8-9-10-11-12-13-14-15-24-18(22)17(2)21-19(23)25-16-20(3,4)5/h17H,6-16H2,1-5H3,(H,21,23). The average molecular weight is 358 g/mol. The number of unbranched alkanes of at least 4 members (excludes halogenated alkanes) is 8. The van der Waals surface area contributed by atoms with Gasteiger partial charge in [-0.15, -0.1) is 0 Å². The molecule has 0 spiro atoms. The molecule has 5 nitrogen and oxygen atoms in total. The van der Waals surface area contributed by atoms with Crippen molar-refractivity contribution in [3.63, 3.8) is 0 Å². The summed E-state index contributed by atoms with van der Waals surface area (Å²) in [5.74, 6) is -0.410. The molecule has 0 aliphatic heterocycles. The monoisotopic (exact) mass is 357 g/mol. The van der Waals surface area contributed by atoms with Crippen molar-refractivity contribution in [3.8, 4) is 0 Å². The lowest BCUT2D eigenvalue weighted by molar-refractivity contribution is -0.145. The Morgan fingerprint density at radius 1 is 0.880 bits per heavy atom. The summed E-state index contributed by atoms with van der Waals surface area (Å²) in [6, 6.07) is -0.689. The molecule has 0 radical (unpaired) electrons. The van der Waals surface area contributed by atoms with E-state index in [1.807, 2.05) is 20.8 Å². The molecule has 0 bridgehead atoms. The van der Waals surface area contributed by atoms with Gasteiger partial charge in [0, 0.05) is 0 Å². The van der Waals surface area contributed by atoms with Crippen molar-refractivity contribution >= 4 is 12.1 Å². The van der Waals surface area contributed by atoms with Crippen molar-refractivity contribution < 1.29 is 19.1 Å². The number of ether oxygens (including phenoxy) is 2. The van der Waals surface area contributed by atoms with Crippen molar-refractivity contribution in [1.82, 2.24) is 5.32 Å². The predicted molar refractivity (Wildman–Crippen MR) is 102 cm³/mol. The highest BCUT2D eigenvalue weighted by Crippen LogP contribution is 2.13. The van der Waals surface area contributed by atoms with Crippen molar-refractivity contribution in [3.05, 3.63) is 0 Å². The largest absolute Gasteiger partial charge is 0.464 e. The van der Waals surface area contributed by atoms with Crippen LogP contribution in [0, 0.1) is 5.41 Å². The molecule has 0 aliphatic carbocycles. The molecule has 148 valence electrons. The summed E-state index contributed by atoms with van der Waals surface area (Å²) in [6.07, 6.45) is 10.4. The maximum absolute atomic E-state index is 11.8. The number of carbonyl (C=O) groups is 2. The quantitative estimate of drug-likeness (QED) is 0.362. The molecule has 1 atom stereocenters. The fourth-order valence-electron chi connectivity index (χ4n) is 2.27. The Bertz CT molecular complexity index is 363. The van der Waals surface area contributed by atoms with E-state index in [1.54, 1.807) is 6.92 Å². The zero-order valence-electron chi connectivity index (χ0n) is 17.0. The Morgan fingerprint density at radius 3 is 1.92 bits per heavy atom. The van der Waals surface area contributed by atoms with Gasteiger partial charge in [0.15, 0.2) is 0 Å². The Kier molecular flexibility index (Phi) is 13.3. The van der Waals surface area contributed by atoms with E-state index in [9.17, 15) is 9.59 Å². The van der Waals surface area contributed by atoms with E-state index >= 15 is 0 Å². The molecule has 0 aromatic rings. The summed E-state index contributed by atoms with van der Waals surface area (Å²) >= 11 is 0. The normalized spacial score (nSPS) is 12.5. The second kappa shape index (κ2) is 14.0.